The van der Waals surface area contributed by atoms with Crippen LogP contribution in [-0.4, -0.2) is 54.4 Å². The van der Waals surface area contributed by atoms with E-state index in [1.807, 2.05) is 0 Å². The van der Waals surface area contributed by atoms with E-state index in [2.05, 4.69) is 37.5 Å². The molecule has 0 amide bonds. The fraction of sp³-hybridized carbons (Fsp3) is 0.923. The van der Waals surface area contributed by atoms with Crippen molar-refractivity contribution in [2.45, 2.75) is 46.6 Å². The lowest BCUT2D eigenvalue weighted by Gasteiger charge is -2.29. The van der Waals surface area contributed by atoms with Gasteiger partial charge in [-0.05, 0) is 39.0 Å². The molecular formula is C13H30N4. The summed E-state index contributed by atoms with van der Waals surface area (Å²) in [5, 5.41) is 7.60. The summed E-state index contributed by atoms with van der Waals surface area (Å²) in [6.07, 6.45) is 2.08. The Morgan fingerprint density at radius 2 is 1.65 bits per heavy atom. The molecule has 0 aromatic rings. The van der Waals surface area contributed by atoms with Crippen LogP contribution in [0.5, 0.6) is 0 Å². The number of rotatable bonds is 10. The fourth-order valence-electron chi connectivity index (χ4n) is 2.25. The maximum Gasteiger partial charge on any atom is 0.108 e. The molecule has 4 heteroatoms. The zero-order valence-corrected chi connectivity index (χ0v) is 12.0. The number of nitrogens with zero attached hydrogens (tertiary/aromatic N) is 2. The first-order valence-corrected chi connectivity index (χ1v) is 6.90. The molecule has 1 atom stereocenters. The molecule has 0 aliphatic rings. The van der Waals surface area contributed by atoms with E-state index in [0.717, 1.165) is 45.6 Å². The van der Waals surface area contributed by atoms with Gasteiger partial charge in [0.15, 0.2) is 0 Å². The van der Waals surface area contributed by atoms with E-state index in [1.54, 1.807) is 0 Å². The van der Waals surface area contributed by atoms with Crippen molar-refractivity contribution in [3.63, 3.8) is 0 Å². The molecule has 1 unspecified atom stereocenters. The van der Waals surface area contributed by atoms with Crippen LogP contribution in [0, 0.1) is 5.41 Å². The highest BCUT2D eigenvalue weighted by Crippen LogP contribution is 2.05. The van der Waals surface area contributed by atoms with Gasteiger partial charge in [-0.25, -0.2) is 0 Å². The number of likely N-dealkylation sites (N-methyl/N-ethyl adjacent to an activating group) is 1. The quantitative estimate of drug-likeness (QED) is 0.453. The molecule has 0 heterocycles. The summed E-state index contributed by atoms with van der Waals surface area (Å²) in [4.78, 5) is 4.74. The average Bonchev–Trinajstić information content (AvgIpc) is 2.32. The Morgan fingerprint density at radius 1 is 1.06 bits per heavy atom. The van der Waals surface area contributed by atoms with Crippen LogP contribution in [-0.2, 0) is 0 Å². The van der Waals surface area contributed by atoms with Gasteiger partial charge in [-0.15, -0.1) is 0 Å². The monoisotopic (exact) mass is 242 g/mol. The minimum atomic E-state index is 0.122. The molecule has 17 heavy (non-hydrogen) atoms. The van der Waals surface area contributed by atoms with Crippen LogP contribution >= 0.6 is 0 Å². The smallest absolute Gasteiger partial charge is 0.108 e. The predicted molar refractivity (Wildman–Crippen MR) is 75.6 cm³/mol. The van der Waals surface area contributed by atoms with Crippen LogP contribution in [0.1, 0.15) is 40.5 Å². The van der Waals surface area contributed by atoms with Crippen LogP contribution in [0.15, 0.2) is 0 Å². The molecule has 0 radical (unpaired) electrons. The topological polar surface area (TPSA) is 56.4 Å². The summed E-state index contributed by atoms with van der Waals surface area (Å²) in [6, 6.07) is 0.122. The van der Waals surface area contributed by atoms with E-state index in [9.17, 15) is 0 Å². The lowest BCUT2D eigenvalue weighted by atomic mass is 10.1. The predicted octanol–water partition coefficient (Wildman–Crippen LogP) is 1.75. The third kappa shape index (κ3) is 6.03. The van der Waals surface area contributed by atoms with Crippen molar-refractivity contribution < 1.29 is 0 Å². The molecule has 0 spiro atoms. The highest BCUT2D eigenvalue weighted by molar-refractivity contribution is 5.82. The van der Waals surface area contributed by atoms with Gasteiger partial charge in [0.2, 0.25) is 0 Å². The van der Waals surface area contributed by atoms with E-state index in [1.165, 1.54) is 0 Å². The Labute approximate surface area is 107 Å². The highest BCUT2D eigenvalue weighted by atomic mass is 15.2. The van der Waals surface area contributed by atoms with Crippen molar-refractivity contribution in [2.24, 2.45) is 5.73 Å². The maximum absolute atomic E-state index is 7.60. The van der Waals surface area contributed by atoms with Crippen LogP contribution in [0.3, 0.4) is 0 Å². The lowest BCUT2D eigenvalue weighted by molar-refractivity contribution is 0.219. The van der Waals surface area contributed by atoms with Crippen molar-refractivity contribution in [1.29, 1.82) is 5.41 Å². The van der Waals surface area contributed by atoms with Gasteiger partial charge in [0.05, 0.1) is 6.04 Å². The largest absolute Gasteiger partial charge is 0.386 e. The third-order valence-corrected chi connectivity index (χ3v) is 3.41. The first-order valence-electron chi connectivity index (χ1n) is 6.90. The molecule has 0 fully saturated rings. The Bertz CT molecular complexity index is 202. The SMILES string of the molecule is CCC(C(=N)N)N(CC)CCCN(CC)CC. The van der Waals surface area contributed by atoms with Crippen molar-refractivity contribution in [3.8, 4) is 0 Å². The number of hydrogen-bond donors (Lipinski definition) is 2. The number of nitrogens with one attached hydrogen (secondary N) is 1. The highest BCUT2D eigenvalue weighted by Gasteiger charge is 2.17. The van der Waals surface area contributed by atoms with Gasteiger partial charge in [0, 0.05) is 6.54 Å². The third-order valence-electron chi connectivity index (χ3n) is 3.41. The van der Waals surface area contributed by atoms with E-state index < -0.39 is 0 Å². The van der Waals surface area contributed by atoms with Gasteiger partial charge in [0.25, 0.3) is 0 Å². The van der Waals surface area contributed by atoms with Gasteiger partial charge in [0.1, 0.15) is 5.84 Å². The Hall–Kier alpha value is -0.610. The standard InChI is InChI=1S/C13H30N4/c1-5-12(13(14)15)17(8-4)11-9-10-16(6-2)7-3/h12H,5-11H2,1-4H3,(H3,14,15). The van der Waals surface area contributed by atoms with E-state index in [-0.39, 0.29) is 6.04 Å². The van der Waals surface area contributed by atoms with Crippen LogP contribution in [0.4, 0.5) is 0 Å². The second-order valence-electron chi connectivity index (χ2n) is 4.39. The fourth-order valence-corrected chi connectivity index (χ4v) is 2.25. The molecule has 0 aliphatic heterocycles. The Balaban J connectivity index is 4.08. The zero-order chi connectivity index (χ0) is 13.3. The van der Waals surface area contributed by atoms with Gasteiger partial charge >= 0.3 is 0 Å². The molecule has 0 rings (SSSR count). The van der Waals surface area contributed by atoms with E-state index in [4.69, 9.17) is 11.1 Å². The maximum atomic E-state index is 7.60. The van der Waals surface area contributed by atoms with Crippen LogP contribution < -0.4 is 5.73 Å². The van der Waals surface area contributed by atoms with Gasteiger partial charge in [-0.2, -0.15) is 0 Å². The molecular weight excluding hydrogens is 212 g/mol. The first-order chi connectivity index (χ1) is 8.10. The minimum Gasteiger partial charge on any atom is -0.386 e. The van der Waals surface area contributed by atoms with Crippen molar-refractivity contribution in [2.75, 3.05) is 32.7 Å². The summed E-state index contributed by atoms with van der Waals surface area (Å²) in [6.45, 7) is 14.0. The minimum absolute atomic E-state index is 0.122. The molecule has 0 bridgehead atoms. The van der Waals surface area contributed by atoms with Gasteiger partial charge in [-0.3, -0.25) is 10.3 Å². The first kappa shape index (κ1) is 16.4. The Kier molecular flexibility index (Phi) is 9.09. The van der Waals surface area contributed by atoms with Crippen LogP contribution in [0.25, 0.3) is 0 Å². The molecule has 0 aromatic carbocycles. The second kappa shape index (κ2) is 9.42. The molecule has 0 aliphatic carbocycles. The molecule has 4 nitrogen and oxygen atoms in total. The Morgan fingerprint density at radius 3 is 2.00 bits per heavy atom. The van der Waals surface area contributed by atoms with Gasteiger partial charge < -0.3 is 10.6 Å². The summed E-state index contributed by atoms with van der Waals surface area (Å²) in [7, 11) is 0. The summed E-state index contributed by atoms with van der Waals surface area (Å²) >= 11 is 0. The summed E-state index contributed by atoms with van der Waals surface area (Å²) < 4.78 is 0. The van der Waals surface area contributed by atoms with Crippen molar-refractivity contribution >= 4 is 5.84 Å². The summed E-state index contributed by atoms with van der Waals surface area (Å²) in [5.74, 6) is 0.303. The lowest BCUT2D eigenvalue weighted by Crippen LogP contribution is -2.45. The van der Waals surface area contributed by atoms with Gasteiger partial charge in [-0.1, -0.05) is 27.7 Å². The molecule has 3 N–H and O–H groups in total. The second-order valence-corrected chi connectivity index (χ2v) is 4.39. The number of nitrogens with two attached hydrogens (primary N) is 1. The molecule has 0 aromatic heterocycles. The van der Waals surface area contributed by atoms with E-state index in [0.29, 0.717) is 5.84 Å². The van der Waals surface area contributed by atoms with Crippen LogP contribution in [0.2, 0.25) is 0 Å². The molecule has 102 valence electrons. The molecule has 0 saturated carbocycles. The summed E-state index contributed by atoms with van der Waals surface area (Å²) in [5.41, 5.74) is 5.64. The van der Waals surface area contributed by atoms with Crippen molar-refractivity contribution in [1.82, 2.24) is 9.80 Å². The number of hydrogen-bond acceptors (Lipinski definition) is 3. The average molecular weight is 242 g/mol. The van der Waals surface area contributed by atoms with Crippen molar-refractivity contribution in [3.05, 3.63) is 0 Å². The normalized spacial score (nSPS) is 13.3. The van der Waals surface area contributed by atoms with E-state index >= 15 is 0 Å². The number of amidine groups is 1. The molecule has 0 saturated heterocycles. The zero-order valence-electron chi connectivity index (χ0n) is 12.0.